The summed E-state index contributed by atoms with van der Waals surface area (Å²) in [5.41, 5.74) is 0.456. The lowest BCUT2D eigenvalue weighted by atomic mass is 10.1. The first-order valence-corrected chi connectivity index (χ1v) is 5.98. The molecule has 0 saturated carbocycles. The number of phenolic OH excluding ortho intramolecular Hbond substituents is 1. The number of phenols is 1. The molecule has 2 N–H and O–H groups in total. The molecule has 1 unspecified atom stereocenters. The summed E-state index contributed by atoms with van der Waals surface area (Å²) in [7, 11) is 0. The molecule has 1 saturated heterocycles. The Morgan fingerprint density at radius 2 is 2.00 bits per heavy atom. The van der Waals surface area contributed by atoms with Crippen molar-refractivity contribution in [2.75, 3.05) is 24.7 Å². The minimum absolute atomic E-state index is 0.0654. The van der Waals surface area contributed by atoms with E-state index < -0.39 is 12.5 Å². The zero-order valence-electron chi connectivity index (χ0n) is 10.3. The number of aliphatic carboxylic acids is 1. The van der Waals surface area contributed by atoms with Crippen LogP contribution in [0, 0.1) is 5.92 Å². The van der Waals surface area contributed by atoms with E-state index in [-0.39, 0.29) is 17.6 Å². The van der Waals surface area contributed by atoms with Gasteiger partial charge in [-0.25, -0.2) is 0 Å². The van der Waals surface area contributed by atoms with Gasteiger partial charge < -0.3 is 19.8 Å². The van der Waals surface area contributed by atoms with Crippen molar-refractivity contribution in [1.29, 1.82) is 0 Å². The number of amides is 1. The highest BCUT2D eigenvalue weighted by Gasteiger charge is 2.29. The van der Waals surface area contributed by atoms with Crippen LogP contribution in [0.25, 0.3) is 0 Å². The zero-order chi connectivity index (χ0) is 13.8. The monoisotopic (exact) mass is 265 g/mol. The van der Waals surface area contributed by atoms with Crippen molar-refractivity contribution in [3.8, 4) is 5.75 Å². The van der Waals surface area contributed by atoms with Gasteiger partial charge in [-0.05, 0) is 30.7 Å². The van der Waals surface area contributed by atoms with Crippen LogP contribution in [0.1, 0.15) is 6.42 Å². The summed E-state index contributed by atoms with van der Waals surface area (Å²) in [4.78, 5) is 24.4. The maximum absolute atomic E-state index is 12.3. The Kier molecular flexibility index (Phi) is 4.01. The fourth-order valence-electron chi connectivity index (χ4n) is 2.01. The second-order valence-corrected chi connectivity index (χ2v) is 4.40. The molecule has 0 bridgehead atoms. The molecule has 0 spiro atoms. The van der Waals surface area contributed by atoms with Crippen LogP contribution in [0.4, 0.5) is 5.69 Å². The van der Waals surface area contributed by atoms with Crippen LogP contribution in [0.5, 0.6) is 5.75 Å². The van der Waals surface area contributed by atoms with Crippen molar-refractivity contribution in [3.05, 3.63) is 24.3 Å². The van der Waals surface area contributed by atoms with Gasteiger partial charge in [0.2, 0.25) is 5.91 Å². The number of anilines is 1. The van der Waals surface area contributed by atoms with Crippen molar-refractivity contribution in [2.45, 2.75) is 6.42 Å². The highest BCUT2D eigenvalue weighted by Crippen LogP contribution is 2.23. The van der Waals surface area contributed by atoms with Crippen LogP contribution in [0.3, 0.4) is 0 Å². The first-order valence-electron chi connectivity index (χ1n) is 5.98. The molecule has 19 heavy (non-hydrogen) atoms. The van der Waals surface area contributed by atoms with Gasteiger partial charge in [0.15, 0.2) is 0 Å². The van der Waals surface area contributed by atoms with E-state index in [4.69, 9.17) is 9.84 Å². The molecule has 0 radical (unpaired) electrons. The summed E-state index contributed by atoms with van der Waals surface area (Å²) in [6.07, 6.45) is 0.604. The number of hydrogen-bond acceptors (Lipinski definition) is 4. The third kappa shape index (κ3) is 3.23. The van der Waals surface area contributed by atoms with Crippen LogP contribution in [-0.2, 0) is 14.3 Å². The number of hydrogen-bond donors (Lipinski definition) is 2. The van der Waals surface area contributed by atoms with E-state index >= 15 is 0 Å². The number of aromatic hydroxyl groups is 1. The molecule has 6 heteroatoms. The number of rotatable bonds is 4. The number of carbonyl (C=O) groups excluding carboxylic acids is 1. The summed E-state index contributed by atoms with van der Waals surface area (Å²) < 4.78 is 5.15. The molecule has 1 aliphatic heterocycles. The molecule has 1 heterocycles. The standard InChI is InChI=1S/C13H15NO5/c15-11-3-1-10(2-4-11)14(7-12(16)17)13(18)9-5-6-19-8-9/h1-4,9,15H,5-8H2,(H,16,17). The van der Waals surface area contributed by atoms with Crippen molar-refractivity contribution < 1.29 is 24.5 Å². The quantitative estimate of drug-likeness (QED) is 0.842. The average Bonchev–Trinajstić information content (AvgIpc) is 2.90. The van der Waals surface area contributed by atoms with Gasteiger partial charge in [-0.3, -0.25) is 9.59 Å². The molecule has 2 rings (SSSR count). The molecule has 1 atom stereocenters. The van der Waals surface area contributed by atoms with E-state index in [9.17, 15) is 14.7 Å². The van der Waals surface area contributed by atoms with E-state index in [2.05, 4.69) is 0 Å². The summed E-state index contributed by atoms with van der Waals surface area (Å²) in [5, 5.41) is 18.1. The number of ether oxygens (including phenoxy) is 1. The summed E-state index contributed by atoms with van der Waals surface area (Å²) in [5.74, 6) is -1.57. The van der Waals surface area contributed by atoms with Gasteiger partial charge in [-0.2, -0.15) is 0 Å². The molecular formula is C13H15NO5. The Balaban J connectivity index is 2.21. The predicted molar refractivity (Wildman–Crippen MR) is 67.0 cm³/mol. The third-order valence-electron chi connectivity index (χ3n) is 3.00. The molecule has 1 aromatic rings. The lowest BCUT2D eigenvalue weighted by Crippen LogP contribution is -2.40. The van der Waals surface area contributed by atoms with Gasteiger partial charge in [0.05, 0.1) is 12.5 Å². The fourth-order valence-corrected chi connectivity index (χ4v) is 2.01. The molecule has 102 valence electrons. The smallest absolute Gasteiger partial charge is 0.323 e. The minimum atomic E-state index is -1.08. The Morgan fingerprint density at radius 1 is 1.32 bits per heavy atom. The van der Waals surface area contributed by atoms with Crippen molar-refractivity contribution in [2.24, 2.45) is 5.92 Å². The molecule has 1 amide bonds. The van der Waals surface area contributed by atoms with Gasteiger partial charge in [-0.15, -0.1) is 0 Å². The van der Waals surface area contributed by atoms with Crippen molar-refractivity contribution in [3.63, 3.8) is 0 Å². The minimum Gasteiger partial charge on any atom is -0.508 e. The molecule has 1 fully saturated rings. The molecule has 0 aliphatic carbocycles. The molecule has 1 aromatic carbocycles. The second-order valence-electron chi connectivity index (χ2n) is 4.40. The second kappa shape index (κ2) is 5.71. The van der Waals surface area contributed by atoms with E-state index in [1.54, 1.807) is 0 Å². The molecule has 1 aliphatic rings. The van der Waals surface area contributed by atoms with Gasteiger partial charge in [0.1, 0.15) is 12.3 Å². The lowest BCUT2D eigenvalue weighted by molar-refractivity contribution is -0.137. The van der Waals surface area contributed by atoms with Crippen LogP contribution >= 0.6 is 0 Å². The first kappa shape index (κ1) is 13.4. The van der Waals surface area contributed by atoms with Crippen LogP contribution in [-0.4, -0.2) is 41.8 Å². The topological polar surface area (TPSA) is 87.1 Å². The van der Waals surface area contributed by atoms with Crippen LogP contribution in [0.2, 0.25) is 0 Å². The zero-order valence-corrected chi connectivity index (χ0v) is 10.3. The number of carboxylic acid groups (broad SMARTS) is 1. The maximum atomic E-state index is 12.3. The first-order chi connectivity index (χ1) is 9.08. The van der Waals surface area contributed by atoms with Crippen molar-refractivity contribution in [1.82, 2.24) is 0 Å². The van der Waals surface area contributed by atoms with Gasteiger partial charge in [0.25, 0.3) is 0 Å². The molecular weight excluding hydrogens is 250 g/mol. The normalized spacial score (nSPS) is 18.2. The van der Waals surface area contributed by atoms with E-state index in [0.29, 0.717) is 25.3 Å². The fraction of sp³-hybridized carbons (Fsp3) is 0.385. The van der Waals surface area contributed by atoms with Crippen LogP contribution in [0.15, 0.2) is 24.3 Å². The number of carbonyl (C=O) groups is 2. The van der Waals surface area contributed by atoms with E-state index in [0.717, 1.165) is 0 Å². The molecule has 0 aromatic heterocycles. The number of carboxylic acids is 1. The highest BCUT2D eigenvalue weighted by molar-refractivity contribution is 5.98. The summed E-state index contributed by atoms with van der Waals surface area (Å²) in [6, 6.07) is 5.88. The average molecular weight is 265 g/mol. The SMILES string of the molecule is O=C(O)CN(C(=O)C1CCOC1)c1ccc(O)cc1. The van der Waals surface area contributed by atoms with Gasteiger partial charge in [-0.1, -0.05) is 0 Å². The lowest BCUT2D eigenvalue weighted by Gasteiger charge is -2.23. The van der Waals surface area contributed by atoms with E-state index in [1.165, 1.54) is 29.2 Å². The number of nitrogens with zero attached hydrogens (tertiary/aromatic N) is 1. The molecule has 6 nitrogen and oxygen atoms in total. The van der Waals surface area contributed by atoms with Gasteiger partial charge in [0, 0.05) is 12.3 Å². The number of benzene rings is 1. The van der Waals surface area contributed by atoms with E-state index in [1.807, 2.05) is 0 Å². The van der Waals surface area contributed by atoms with Crippen molar-refractivity contribution >= 4 is 17.6 Å². The Bertz CT molecular complexity index is 464. The predicted octanol–water partition coefficient (Wildman–Crippen LogP) is 0.846. The Hall–Kier alpha value is -2.08. The Labute approximate surface area is 110 Å². The third-order valence-corrected chi connectivity index (χ3v) is 3.00. The Morgan fingerprint density at radius 3 is 2.53 bits per heavy atom. The summed E-state index contributed by atoms with van der Waals surface area (Å²) >= 11 is 0. The highest BCUT2D eigenvalue weighted by atomic mass is 16.5. The largest absolute Gasteiger partial charge is 0.508 e. The maximum Gasteiger partial charge on any atom is 0.323 e. The van der Waals surface area contributed by atoms with Gasteiger partial charge >= 0.3 is 5.97 Å². The van der Waals surface area contributed by atoms with Crippen LogP contribution < -0.4 is 4.90 Å². The summed E-state index contributed by atoms with van der Waals surface area (Å²) in [6.45, 7) is 0.444.